The van der Waals surface area contributed by atoms with Crippen molar-refractivity contribution in [1.82, 2.24) is 15.5 Å². The van der Waals surface area contributed by atoms with Crippen LogP contribution in [-0.2, 0) is 6.54 Å². The van der Waals surface area contributed by atoms with Gasteiger partial charge in [0.25, 0.3) is 0 Å². The Morgan fingerprint density at radius 1 is 1.28 bits per heavy atom. The molecule has 18 heavy (non-hydrogen) atoms. The number of aromatic nitrogens is 2. The van der Waals surface area contributed by atoms with Crippen LogP contribution in [0.1, 0.15) is 18.7 Å². The van der Waals surface area contributed by atoms with Gasteiger partial charge in [-0.1, -0.05) is 28.8 Å². The molecule has 2 aromatic rings. The van der Waals surface area contributed by atoms with Gasteiger partial charge in [-0.3, -0.25) is 0 Å². The molecular weight excluding hydrogens is 252 g/mol. The molecule has 1 fully saturated rings. The van der Waals surface area contributed by atoms with Crippen LogP contribution in [0.25, 0.3) is 0 Å². The molecule has 1 aliphatic rings. The number of rotatable bonds is 5. The van der Waals surface area contributed by atoms with E-state index in [0.717, 1.165) is 5.69 Å². The van der Waals surface area contributed by atoms with Gasteiger partial charge in [0.1, 0.15) is 0 Å². The lowest BCUT2D eigenvalue weighted by atomic mass is 10.3. The van der Waals surface area contributed by atoms with Crippen molar-refractivity contribution in [2.75, 3.05) is 5.32 Å². The van der Waals surface area contributed by atoms with E-state index in [9.17, 15) is 0 Å². The van der Waals surface area contributed by atoms with Gasteiger partial charge in [-0.25, -0.2) is 0 Å². The Kier molecular flexibility index (Phi) is 3.17. The van der Waals surface area contributed by atoms with Crippen molar-refractivity contribution in [3.63, 3.8) is 0 Å². The second kappa shape index (κ2) is 4.96. The second-order valence-electron chi connectivity index (χ2n) is 4.26. The first-order chi connectivity index (χ1) is 8.81. The molecule has 94 valence electrons. The summed E-state index contributed by atoms with van der Waals surface area (Å²) in [6.07, 6.45) is 2.47. The van der Waals surface area contributed by atoms with E-state index in [4.69, 9.17) is 16.0 Å². The largest absolute Gasteiger partial charge is 0.406 e. The molecule has 3 rings (SSSR count). The molecule has 5 nitrogen and oxygen atoms in total. The van der Waals surface area contributed by atoms with E-state index >= 15 is 0 Å². The summed E-state index contributed by atoms with van der Waals surface area (Å²) in [5.74, 6) is 0.580. The standard InChI is InChI=1S/C12H13ClN4O/c13-9-3-1-2-4-10(9)15-12-17-16-11(18-12)7-14-8-5-6-8/h1-4,8,14H,5-7H2,(H,15,17). The van der Waals surface area contributed by atoms with Crippen molar-refractivity contribution >= 4 is 23.3 Å². The molecule has 1 heterocycles. The molecule has 1 aromatic carbocycles. The predicted octanol–water partition coefficient (Wildman–Crippen LogP) is 2.72. The summed E-state index contributed by atoms with van der Waals surface area (Å²) in [6.45, 7) is 0.613. The minimum atomic E-state index is 0.357. The lowest BCUT2D eigenvalue weighted by molar-refractivity contribution is 0.478. The molecule has 1 saturated carbocycles. The van der Waals surface area contributed by atoms with E-state index < -0.39 is 0 Å². The zero-order valence-corrected chi connectivity index (χ0v) is 10.4. The molecular formula is C12H13ClN4O. The average molecular weight is 265 g/mol. The zero-order valence-electron chi connectivity index (χ0n) is 9.69. The van der Waals surface area contributed by atoms with E-state index in [-0.39, 0.29) is 0 Å². The predicted molar refractivity (Wildman–Crippen MR) is 68.9 cm³/mol. The third-order valence-electron chi connectivity index (χ3n) is 2.70. The van der Waals surface area contributed by atoms with Gasteiger partial charge < -0.3 is 15.1 Å². The first-order valence-electron chi connectivity index (χ1n) is 5.88. The van der Waals surface area contributed by atoms with Crippen LogP contribution in [-0.4, -0.2) is 16.2 Å². The van der Waals surface area contributed by atoms with Gasteiger partial charge in [-0.2, -0.15) is 0 Å². The highest BCUT2D eigenvalue weighted by atomic mass is 35.5. The highest BCUT2D eigenvalue weighted by Gasteiger charge is 2.21. The van der Waals surface area contributed by atoms with E-state index in [2.05, 4.69) is 20.8 Å². The maximum absolute atomic E-state index is 6.03. The molecule has 1 aliphatic carbocycles. The summed E-state index contributed by atoms with van der Waals surface area (Å²) in [4.78, 5) is 0. The van der Waals surface area contributed by atoms with Crippen LogP contribution in [0.4, 0.5) is 11.7 Å². The van der Waals surface area contributed by atoms with Crippen LogP contribution >= 0.6 is 11.6 Å². The lowest BCUT2D eigenvalue weighted by Gasteiger charge is -2.02. The van der Waals surface area contributed by atoms with E-state index in [1.807, 2.05) is 18.2 Å². The Morgan fingerprint density at radius 3 is 2.89 bits per heavy atom. The number of anilines is 2. The van der Waals surface area contributed by atoms with Crippen LogP contribution in [0.15, 0.2) is 28.7 Å². The molecule has 0 unspecified atom stereocenters. The van der Waals surface area contributed by atoms with Crippen molar-refractivity contribution in [2.45, 2.75) is 25.4 Å². The highest BCUT2D eigenvalue weighted by Crippen LogP contribution is 2.24. The van der Waals surface area contributed by atoms with Crippen LogP contribution in [0.3, 0.4) is 0 Å². The fourth-order valence-corrected chi connectivity index (χ4v) is 1.76. The Morgan fingerprint density at radius 2 is 2.11 bits per heavy atom. The molecule has 0 amide bonds. The van der Waals surface area contributed by atoms with Crippen LogP contribution in [0.2, 0.25) is 5.02 Å². The van der Waals surface area contributed by atoms with Crippen molar-refractivity contribution in [3.8, 4) is 0 Å². The third-order valence-corrected chi connectivity index (χ3v) is 3.03. The number of nitrogens with zero attached hydrogens (tertiary/aromatic N) is 2. The number of para-hydroxylation sites is 1. The van der Waals surface area contributed by atoms with Crippen LogP contribution < -0.4 is 10.6 Å². The SMILES string of the molecule is Clc1ccccc1Nc1nnc(CNC2CC2)o1. The third kappa shape index (κ3) is 2.80. The van der Waals surface area contributed by atoms with Gasteiger partial charge in [0.05, 0.1) is 17.3 Å². The second-order valence-corrected chi connectivity index (χ2v) is 4.67. The van der Waals surface area contributed by atoms with Gasteiger partial charge in [0, 0.05) is 6.04 Å². The summed E-state index contributed by atoms with van der Waals surface area (Å²) in [5, 5.41) is 14.8. The van der Waals surface area contributed by atoms with E-state index in [1.54, 1.807) is 6.07 Å². The summed E-state index contributed by atoms with van der Waals surface area (Å²) < 4.78 is 5.47. The van der Waals surface area contributed by atoms with Crippen molar-refractivity contribution in [2.24, 2.45) is 0 Å². The Bertz CT molecular complexity index is 538. The number of hydrogen-bond donors (Lipinski definition) is 2. The van der Waals surface area contributed by atoms with Crippen molar-refractivity contribution < 1.29 is 4.42 Å². The Balaban J connectivity index is 1.63. The molecule has 0 spiro atoms. The molecule has 0 radical (unpaired) electrons. The molecule has 1 aromatic heterocycles. The fourth-order valence-electron chi connectivity index (χ4n) is 1.57. The number of hydrogen-bond acceptors (Lipinski definition) is 5. The highest BCUT2D eigenvalue weighted by molar-refractivity contribution is 6.33. The number of halogens is 1. The zero-order chi connectivity index (χ0) is 12.4. The quantitative estimate of drug-likeness (QED) is 0.869. The smallest absolute Gasteiger partial charge is 0.320 e. The topological polar surface area (TPSA) is 63.0 Å². The normalized spacial score (nSPS) is 14.7. The summed E-state index contributed by atoms with van der Waals surface area (Å²) in [5.41, 5.74) is 0.754. The maximum Gasteiger partial charge on any atom is 0.320 e. The van der Waals surface area contributed by atoms with Crippen LogP contribution in [0.5, 0.6) is 0 Å². The molecule has 0 bridgehead atoms. The minimum absolute atomic E-state index is 0.357. The molecule has 2 N–H and O–H groups in total. The number of benzene rings is 1. The van der Waals surface area contributed by atoms with Gasteiger partial charge in [-0.05, 0) is 25.0 Å². The van der Waals surface area contributed by atoms with E-state index in [0.29, 0.717) is 29.5 Å². The summed E-state index contributed by atoms with van der Waals surface area (Å²) in [6, 6.07) is 8.39. The van der Waals surface area contributed by atoms with Crippen molar-refractivity contribution in [1.29, 1.82) is 0 Å². The lowest BCUT2D eigenvalue weighted by Crippen LogP contribution is -2.15. The molecule has 0 atom stereocenters. The maximum atomic E-state index is 6.03. The Labute approximate surface area is 110 Å². The summed E-state index contributed by atoms with van der Waals surface area (Å²) in [7, 11) is 0. The van der Waals surface area contributed by atoms with E-state index in [1.165, 1.54) is 12.8 Å². The molecule has 0 saturated heterocycles. The van der Waals surface area contributed by atoms with Gasteiger partial charge in [0.15, 0.2) is 0 Å². The molecule has 6 heteroatoms. The summed E-state index contributed by atoms with van der Waals surface area (Å²) >= 11 is 6.03. The van der Waals surface area contributed by atoms with Gasteiger partial charge >= 0.3 is 6.01 Å². The average Bonchev–Trinajstić information content (AvgIpc) is 3.10. The van der Waals surface area contributed by atoms with Crippen LogP contribution in [0, 0.1) is 0 Å². The fraction of sp³-hybridized carbons (Fsp3) is 0.333. The van der Waals surface area contributed by atoms with Gasteiger partial charge in [-0.15, -0.1) is 5.10 Å². The van der Waals surface area contributed by atoms with Gasteiger partial charge in [0.2, 0.25) is 5.89 Å². The first kappa shape index (κ1) is 11.5. The first-order valence-corrected chi connectivity index (χ1v) is 6.26. The monoisotopic (exact) mass is 264 g/mol. The molecule has 0 aliphatic heterocycles. The number of nitrogens with one attached hydrogen (secondary N) is 2. The minimum Gasteiger partial charge on any atom is -0.406 e. The Hall–Kier alpha value is -1.59. The van der Waals surface area contributed by atoms with Crippen molar-refractivity contribution in [3.05, 3.63) is 35.2 Å².